The fraction of sp³-hybridized carbons (Fsp3) is 0. The molecule has 0 bridgehead atoms. The van der Waals surface area contributed by atoms with Gasteiger partial charge in [0.2, 0.25) is 5.82 Å². The lowest BCUT2D eigenvalue weighted by molar-refractivity contribution is 0.102. The quantitative estimate of drug-likeness (QED) is 0.767. The number of anilines is 1. The Morgan fingerprint density at radius 2 is 2.25 bits per heavy atom. The smallest absolute Gasteiger partial charge is 0.260 e. The summed E-state index contributed by atoms with van der Waals surface area (Å²) in [6, 6.07) is 8.74. The van der Waals surface area contributed by atoms with Gasteiger partial charge in [-0.3, -0.25) is 4.79 Å². The number of benzene rings is 1. The molecule has 1 aromatic carbocycles. The number of aromatic nitrogens is 4. The molecule has 1 amide bonds. The second-order valence-electron chi connectivity index (χ2n) is 3.88. The molecule has 0 aliphatic carbocycles. The van der Waals surface area contributed by atoms with Gasteiger partial charge in [-0.05, 0) is 39.3 Å². The Balaban J connectivity index is 1.83. The molecule has 2 N–H and O–H groups in total. The van der Waals surface area contributed by atoms with Gasteiger partial charge in [0.25, 0.3) is 5.91 Å². The fourth-order valence-corrected chi connectivity index (χ4v) is 2.09. The van der Waals surface area contributed by atoms with Crippen molar-refractivity contribution < 1.29 is 9.21 Å². The number of carbonyl (C=O) groups excluding carboxylic acids is 1. The average molecular weight is 334 g/mol. The number of tetrazole rings is 1. The van der Waals surface area contributed by atoms with Gasteiger partial charge in [-0.15, -0.1) is 10.2 Å². The first-order valence-electron chi connectivity index (χ1n) is 5.62. The van der Waals surface area contributed by atoms with Crippen LogP contribution in [0.4, 0.5) is 5.69 Å². The van der Waals surface area contributed by atoms with Crippen molar-refractivity contribution in [3.8, 4) is 11.4 Å². The van der Waals surface area contributed by atoms with Gasteiger partial charge in [-0.25, -0.2) is 0 Å². The molecule has 0 spiro atoms. The normalized spacial score (nSPS) is 10.4. The topological polar surface area (TPSA) is 96.7 Å². The highest BCUT2D eigenvalue weighted by atomic mass is 79.9. The second-order valence-corrected chi connectivity index (χ2v) is 4.60. The van der Waals surface area contributed by atoms with E-state index in [1.165, 1.54) is 6.26 Å². The molecule has 0 radical (unpaired) electrons. The lowest BCUT2D eigenvalue weighted by atomic mass is 10.2. The third kappa shape index (κ3) is 2.45. The van der Waals surface area contributed by atoms with Crippen molar-refractivity contribution in [1.29, 1.82) is 0 Å². The van der Waals surface area contributed by atoms with Gasteiger partial charge in [-0.2, -0.15) is 5.21 Å². The molecule has 8 heteroatoms. The van der Waals surface area contributed by atoms with Crippen molar-refractivity contribution >= 4 is 27.5 Å². The molecular weight excluding hydrogens is 326 g/mol. The van der Waals surface area contributed by atoms with E-state index in [0.29, 0.717) is 21.7 Å². The van der Waals surface area contributed by atoms with Crippen molar-refractivity contribution in [1.82, 2.24) is 20.6 Å². The summed E-state index contributed by atoms with van der Waals surface area (Å²) in [5.41, 5.74) is 1.81. The highest BCUT2D eigenvalue weighted by Gasteiger charge is 2.13. The summed E-state index contributed by atoms with van der Waals surface area (Å²) in [7, 11) is 0. The van der Waals surface area contributed by atoms with Gasteiger partial charge in [0.05, 0.1) is 11.8 Å². The summed E-state index contributed by atoms with van der Waals surface area (Å²) in [6.45, 7) is 0. The molecule has 0 aliphatic rings. The number of rotatable bonds is 3. The molecule has 2 heterocycles. The predicted octanol–water partition coefficient (Wildman–Crippen LogP) is 2.47. The van der Waals surface area contributed by atoms with Crippen LogP contribution in [-0.4, -0.2) is 26.5 Å². The summed E-state index contributed by atoms with van der Waals surface area (Å²) in [5, 5.41) is 16.4. The molecule has 0 saturated heterocycles. The minimum Gasteiger partial charge on any atom is -0.457 e. The molecule has 20 heavy (non-hydrogen) atoms. The molecule has 3 rings (SSSR count). The van der Waals surface area contributed by atoms with E-state index < -0.39 is 0 Å². The van der Waals surface area contributed by atoms with Crippen LogP contribution >= 0.6 is 15.9 Å². The lowest BCUT2D eigenvalue weighted by Crippen LogP contribution is -2.11. The van der Waals surface area contributed by atoms with Gasteiger partial charge < -0.3 is 9.73 Å². The predicted molar refractivity (Wildman–Crippen MR) is 74.0 cm³/mol. The monoisotopic (exact) mass is 333 g/mol. The van der Waals surface area contributed by atoms with Crippen LogP contribution in [0.5, 0.6) is 0 Å². The molecule has 0 aliphatic heterocycles. The van der Waals surface area contributed by atoms with Crippen LogP contribution in [0.1, 0.15) is 10.4 Å². The van der Waals surface area contributed by atoms with Crippen LogP contribution in [0.3, 0.4) is 0 Å². The lowest BCUT2D eigenvalue weighted by Gasteiger charge is -2.05. The average Bonchev–Trinajstić information content (AvgIpc) is 3.09. The molecule has 3 aromatic rings. The van der Waals surface area contributed by atoms with Crippen molar-refractivity contribution in [2.24, 2.45) is 0 Å². The Hall–Kier alpha value is -2.48. The first kappa shape index (κ1) is 12.5. The van der Waals surface area contributed by atoms with E-state index in [9.17, 15) is 4.79 Å². The van der Waals surface area contributed by atoms with Crippen LogP contribution < -0.4 is 5.32 Å². The Morgan fingerprint density at radius 3 is 2.95 bits per heavy atom. The third-order valence-corrected chi connectivity index (χ3v) is 3.20. The zero-order valence-corrected chi connectivity index (χ0v) is 11.6. The van der Waals surface area contributed by atoms with Gasteiger partial charge in [0.15, 0.2) is 4.67 Å². The van der Waals surface area contributed by atoms with E-state index in [4.69, 9.17) is 4.42 Å². The number of amides is 1. The molecule has 0 saturated carbocycles. The summed E-state index contributed by atoms with van der Waals surface area (Å²) in [5.74, 6) is 0.196. The molecule has 100 valence electrons. The molecule has 7 nitrogen and oxygen atoms in total. The zero-order chi connectivity index (χ0) is 13.9. The van der Waals surface area contributed by atoms with E-state index >= 15 is 0 Å². The standard InChI is InChI=1S/C12H8BrN5O2/c13-10-9(4-5-20-10)12(19)14-8-3-1-2-7(6-8)11-15-17-18-16-11/h1-6H,(H,14,19)(H,15,16,17,18). The number of aromatic amines is 1. The molecular formula is C12H8BrN5O2. The fourth-order valence-electron chi connectivity index (χ4n) is 1.67. The van der Waals surface area contributed by atoms with Crippen LogP contribution in [-0.2, 0) is 0 Å². The summed E-state index contributed by atoms with van der Waals surface area (Å²) < 4.78 is 5.42. The number of nitrogens with zero attached hydrogens (tertiary/aromatic N) is 3. The van der Waals surface area contributed by atoms with E-state index in [2.05, 4.69) is 41.9 Å². The van der Waals surface area contributed by atoms with E-state index in [-0.39, 0.29) is 5.91 Å². The van der Waals surface area contributed by atoms with Gasteiger partial charge >= 0.3 is 0 Å². The number of nitrogens with one attached hydrogen (secondary N) is 2. The number of H-pyrrole nitrogens is 1. The SMILES string of the molecule is O=C(Nc1cccc(-c2nn[nH]n2)c1)c1ccoc1Br. The Kier molecular flexibility index (Phi) is 3.30. The zero-order valence-electron chi connectivity index (χ0n) is 10.0. The van der Waals surface area contributed by atoms with Crippen molar-refractivity contribution in [3.63, 3.8) is 0 Å². The Labute approximate surface area is 121 Å². The largest absolute Gasteiger partial charge is 0.457 e. The first-order valence-corrected chi connectivity index (χ1v) is 6.41. The van der Waals surface area contributed by atoms with E-state index in [0.717, 1.165) is 5.56 Å². The highest BCUT2D eigenvalue weighted by Crippen LogP contribution is 2.21. The number of hydrogen-bond donors (Lipinski definition) is 2. The van der Waals surface area contributed by atoms with E-state index in [1.54, 1.807) is 24.3 Å². The number of hydrogen-bond acceptors (Lipinski definition) is 5. The summed E-state index contributed by atoms with van der Waals surface area (Å²) >= 11 is 3.17. The molecule has 0 fully saturated rings. The second kappa shape index (κ2) is 5.25. The minimum absolute atomic E-state index is 0.268. The van der Waals surface area contributed by atoms with Crippen LogP contribution in [0.25, 0.3) is 11.4 Å². The number of furan rings is 1. The Bertz CT molecular complexity index is 738. The summed E-state index contributed by atoms with van der Waals surface area (Å²) in [4.78, 5) is 12.0. The third-order valence-electron chi connectivity index (χ3n) is 2.59. The molecule has 2 aromatic heterocycles. The van der Waals surface area contributed by atoms with Crippen molar-refractivity contribution in [2.75, 3.05) is 5.32 Å². The van der Waals surface area contributed by atoms with Gasteiger partial charge in [0.1, 0.15) is 0 Å². The van der Waals surface area contributed by atoms with Crippen LogP contribution in [0.2, 0.25) is 0 Å². The van der Waals surface area contributed by atoms with Crippen LogP contribution in [0, 0.1) is 0 Å². The number of carbonyl (C=O) groups is 1. The minimum atomic E-state index is -0.268. The Morgan fingerprint density at radius 1 is 1.35 bits per heavy atom. The molecule has 0 unspecified atom stereocenters. The molecule has 0 atom stereocenters. The van der Waals surface area contributed by atoms with Gasteiger partial charge in [-0.1, -0.05) is 12.1 Å². The van der Waals surface area contributed by atoms with E-state index in [1.807, 2.05) is 6.07 Å². The number of halogens is 1. The first-order chi connectivity index (χ1) is 9.74. The maximum atomic E-state index is 12.0. The summed E-state index contributed by atoms with van der Waals surface area (Å²) in [6.07, 6.45) is 1.44. The maximum absolute atomic E-state index is 12.0. The van der Waals surface area contributed by atoms with Crippen molar-refractivity contribution in [2.45, 2.75) is 0 Å². The highest BCUT2D eigenvalue weighted by molar-refractivity contribution is 9.10. The van der Waals surface area contributed by atoms with Crippen molar-refractivity contribution in [3.05, 3.63) is 46.8 Å². The maximum Gasteiger partial charge on any atom is 0.260 e. The van der Waals surface area contributed by atoms with Gasteiger partial charge in [0, 0.05) is 11.3 Å². The van der Waals surface area contributed by atoms with Crippen LogP contribution in [0.15, 0.2) is 45.7 Å².